The Morgan fingerprint density at radius 1 is 1.46 bits per heavy atom. The highest BCUT2D eigenvalue weighted by Crippen LogP contribution is 2.22. The van der Waals surface area contributed by atoms with Crippen LogP contribution in [0.25, 0.3) is 11.0 Å². The average Bonchev–Trinajstić information content (AvgIpc) is 2.49. The van der Waals surface area contributed by atoms with Crippen molar-refractivity contribution in [2.75, 3.05) is 0 Å². The van der Waals surface area contributed by atoms with Crippen LogP contribution in [0.1, 0.15) is 10.4 Å². The number of aromatic nitrogens is 3. The number of halogens is 2. The van der Waals surface area contributed by atoms with E-state index in [1.807, 2.05) is 0 Å². The lowest BCUT2D eigenvalue weighted by molar-refractivity contribution is 0.108. The summed E-state index contributed by atoms with van der Waals surface area (Å²) >= 11 is 8.61. The summed E-state index contributed by atoms with van der Waals surface area (Å²) in [4.78, 5) is 11.0. The molecule has 66 valence electrons. The number of H-pyrrole nitrogens is 1. The van der Waals surface area contributed by atoms with Gasteiger partial charge in [-0.1, -0.05) is 15.9 Å². The molecule has 0 atom stereocenters. The fourth-order valence-electron chi connectivity index (χ4n) is 1.07. The number of nitrogens with one attached hydrogen (secondary N) is 1. The van der Waals surface area contributed by atoms with Crippen molar-refractivity contribution in [3.63, 3.8) is 0 Å². The van der Waals surface area contributed by atoms with E-state index in [9.17, 15) is 4.79 Å². The van der Waals surface area contributed by atoms with Crippen LogP contribution in [0.4, 0.5) is 0 Å². The van der Waals surface area contributed by atoms with Crippen LogP contribution < -0.4 is 0 Å². The quantitative estimate of drug-likeness (QED) is 0.799. The first-order chi connectivity index (χ1) is 6.18. The highest BCUT2D eigenvalue weighted by molar-refractivity contribution is 9.10. The van der Waals surface area contributed by atoms with E-state index >= 15 is 0 Å². The second kappa shape index (κ2) is 3.08. The summed E-state index contributed by atoms with van der Waals surface area (Å²) in [5.41, 5.74) is 1.45. The summed E-state index contributed by atoms with van der Waals surface area (Å²) in [6.45, 7) is 0. The van der Waals surface area contributed by atoms with Gasteiger partial charge in [0, 0.05) is 4.47 Å². The number of benzene rings is 1. The summed E-state index contributed by atoms with van der Waals surface area (Å²) < 4.78 is 0.748. The highest BCUT2D eigenvalue weighted by Gasteiger charge is 2.11. The van der Waals surface area contributed by atoms with Crippen LogP contribution in [-0.2, 0) is 0 Å². The Bertz CT molecular complexity index is 482. The van der Waals surface area contributed by atoms with Gasteiger partial charge in [-0.25, -0.2) is 0 Å². The predicted octanol–water partition coefficient (Wildman–Crippen LogP) is 2.10. The highest BCUT2D eigenvalue weighted by atomic mass is 79.9. The van der Waals surface area contributed by atoms with Gasteiger partial charge in [0.25, 0.3) is 5.24 Å². The molecule has 13 heavy (non-hydrogen) atoms. The van der Waals surface area contributed by atoms with E-state index in [4.69, 9.17) is 11.6 Å². The van der Waals surface area contributed by atoms with Crippen LogP contribution >= 0.6 is 27.5 Å². The van der Waals surface area contributed by atoms with E-state index in [0.29, 0.717) is 16.6 Å². The molecule has 4 nitrogen and oxygen atoms in total. The van der Waals surface area contributed by atoms with Crippen molar-refractivity contribution in [2.45, 2.75) is 0 Å². The van der Waals surface area contributed by atoms with E-state index in [1.54, 1.807) is 12.1 Å². The molecule has 0 spiro atoms. The average molecular weight is 260 g/mol. The maximum absolute atomic E-state index is 11.0. The molecule has 1 aromatic heterocycles. The molecule has 0 saturated carbocycles. The van der Waals surface area contributed by atoms with Crippen LogP contribution in [-0.4, -0.2) is 20.7 Å². The van der Waals surface area contributed by atoms with Crippen LogP contribution in [0.2, 0.25) is 0 Å². The normalized spacial score (nSPS) is 10.6. The lowest BCUT2D eigenvalue weighted by Gasteiger charge is -1.95. The lowest BCUT2D eigenvalue weighted by atomic mass is 10.2. The number of nitrogens with zero attached hydrogens (tertiary/aromatic N) is 2. The Morgan fingerprint density at radius 2 is 2.23 bits per heavy atom. The molecule has 0 bridgehead atoms. The number of hydrogen-bond donors (Lipinski definition) is 1. The fraction of sp³-hybridized carbons (Fsp3) is 0. The molecule has 0 fully saturated rings. The Labute approximate surface area is 86.4 Å². The molecule has 0 saturated heterocycles. The molecule has 0 aliphatic carbocycles. The molecular formula is C7H3BrClN3O. The molecule has 1 heterocycles. The minimum Gasteiger partial charge on any atom is -0.276 e. The van der Waals surface area contributed by atoms with Gasteiger partial charge in [-0.3, -0.25) is 4.79 Å². The van der Waals surface area contributed by atoms with Crippen molar-refractivity contribution in [1.82, 2.24) is 15.4 Å². The van der Waals surface area contributed by atoms with Gasteiger partial charge in [-0.2, -0.15) is 15.4 Å². The van der Waals surface area contributed by atoms with E-state index in [0.717, 1.165) is 4.47 Å². The summed E-state index contributed by atoms with van der Waals surface area (Å²) in [6, 6.07) is 3.36. The zero-order valence-corrected chi connectivity index (χ0v) is 8.56. The minimum absolute atomic E-state index is 0.347. The first-order valence-electron chi connectivity index (χ1n) is 3.38. The van der Waals surface area contributed by atoms with E-state index in [2.05, 4.69) is 31.3 Å². The second-order valence-electron chi connectivity index (χ2n) is 2.42. The van der Waals surface area contributed by atoms with Gasteiger partial charge in [0.05, 0.1) is 5.56 Å². The molecule has 2 rings (SSSR count). The Kier molecular flexibility index (Phi) is 2.05. The molecule has 1 aromatic carbocycles. The maximum atomic E-state index is 11.0. The van der Waals surface area contributed by atoms with Crippen LogP contribution in [0.15, 0.2) is 16.6 Å². The van der Waals surface area contributed by atoms with Gasteiger partial charge in [0.15, 0.2) is 0 Å². The maximum Gasteiger partial charge on any atom is 0.254 e. The SMILES string of the molecule is O=C(Cl)c1cc(Br)cc2n[nH]nc12. The van der Waals surface area contributed by atoms with Crippen molar-refractivity contribution < 1.29 is 4.79 Å². The van der Waals surface area contributed by atoms with E-state index < -0.39 is 5.24 Å². The van der Waals surface area contributed by atoms with Gasteiger partial charge in [-0.15, -0.1) is 0 Å². The Balaban J connectivity index is 2.84. The number of hydrogen-bond acceptors (Lipinski definition) is 3. The number of carbonyl (C=O) groups is 1. The fourth-order valence-corrected chi connectivity index (χ4v) is 1.66. The first-order valence-corrected chi connectivity index (χ1v) is 4.55. The zero-order valence-electron chi connectivity index (χ0n) is 6.21. The first kappa shape index (κ1) is 8.65. The lowest BCUT2D eigenvalue weighted by Crippen LogP contribution is -1.90. The molecule has 0 aliphatic rings. The van der Waals surface area contributed by atoms with Crippen molar-refractivity contribution in [3.8, 4) is 0 Å². The molecule has 0 amide bonds. The summed E-state index contributed by atoms with van der Waals surface area (Å²) in [6.07, 6.45) is 0. The number of fused-ring (bicyclic) bond motifs is 1. The van der Waals surface area contributed by atoms with Gasteiger partial charge >= 0.3 is 0 Å². The largest absolute Gasteiger partial charge is 0.276 e. The number of carbonyl (C=O) groups excluding carboxylic acids is 1. The van der Waals surface area contributed by atoms with Crippen molar-refractivity contribution in [3.05, 3.63) is 22.2 Å². The third-order valence-corrected chi connectivity index (χ3v) is 2.26. The number of rotatable bonds is 1. The van der Waals surface area contributed by atoms with Gasteiger partial charge in [-0.05, 0) is 23.7 Å². The van der Waals surface area contributed by atoms with Crippen molar-refractivity contribution >= 4 is 43.8 Å². The number of aromatic amines is 1. The van der Waals surface area contributed by atoms with Gasteiger partial charge < -0.3 is 0 Å². The van der Waals surface area contributed by atoms with Gasteiger partial charge in [0.2, 0.25) is 0 Å². The van der Waals surface area contributed by atoms with Crippen LogP contribution in [0, 0.1) is 0 Å². The molecular weight excluding hydrogens is 257 g/mol. The predicted molar refractivity (Wildman–Crippen MR) is 51.8 cm³/mol. The Hall–Kier alpha value is -0.940. The van der Waals surface area contributed by atoms with Crippen molar-refractivity contribution in [2.24, 2.45) is 0 Å². The minimum atomic E-state index is -0.541. The van der Waals surface area contributed by atoms with E-state index in [-0.39, 0.29) is 0 Å². The molecule has 6 heteroatoms. The van der Waals surface area contributed by atoms with E-state index in [1.165, 1.54) is 0 Å². The summed E-state index contributed by atoms with van der Waals surface area (Å²) in [5.74, 6) is 0. The third-order valence-electron chi connectivity index (χ3n) is 1.60. The topological polar surface area (TPSA) is 58.6 Å². The molecule has 1 N–H and O–H groups in total. The summed E-state index contributed by atoms with van der Waals surface area (Å²) in [7, 11) is 0. The van der Waals surface area contributed by atoms with Crippen LogP contribution in [0.3, 0.4) is 0 Å². The standard InChI is InChI=1S/C7H3BrClN3O/c8-3-1-4(7(9)13)6-5(2-3)10-12-11-6/h1-2H,(H,10,11,12). The monoisotopic (exact) mass is 259 g/mol. The summed E-state index contributed by atoms with van der Waals surface area (Å²) in [5, 5.41) is 9.55. The van der Waals surface area contributed by atoms with Crippen LogP contribution in [0.5, 0.6) is 0 Å². The molecule has 0 aliphatic heterocycles. The molecule has 2 aromatic rings. The zero-order chi connectivity index (χ0) is 9.42. The second-order valence-corrected chi connectivity index (χ2v) is 3.68. The smallest absolute Gasteiger partial charge is 0.254 e. The molecule has 0 unspecified atom stereocenters. The van der Waals surface area contributed by atoms with Gasteiger partial charge in [0.1, 0.15) is 11.0 Å². The van der Waals surface area contributed by atoms with Crippen molar-refractivity contribution in [1.29, 1.82) is 0 Å². The molecule has 0 radical (unpaired) electrons. The third kappa shape index (κ3) is 1.45. The Morgan fingerprint density at radius 3 is 2.92 bits per heavy atom.